The molecule has 1 unspecified atom stereocenters. The summed E-state index contributed by atoms with van der Waals surface area (Å²) in [5, 5.41) is 9.60. The van der Waals surface area contributed by atoms with E-state index in [1.54, 1.807) is 0 Å². The third-order valence-corrected chi connectivity index (χ3v) is 4.06. The van der Waals surface area contributed by atoms with Crippen molar-refractivity contribution in [3.8, 4) is 0 Å². The second-order valence-corrected chi connectivity index (χ2v) is 4.95. The fraction of sp³-hybridized carbons (Fsp3) is 1.00. The van der Waals surface area contributed by atoms with Gasteiger partial charge in [-0.3, -0.25) is 0 Å². The van der Waals surface area contributed by atoms with Crippen LogP contribution in [0.1, 0.15) is 12.8 Å². The van der Waals surface area contributed by atoms with Gasteiger partial charge >= 0.3 is 0 Å². The van der Waals surface area contributed by atoms with Crippen LogP contribution in [0.25, 0.3) is 0 Å². The Balaban J connectivity index is 0.000000653. The first kappa shape index (κ1) is 10.1. The summed E-state index contributed by atoms with van der Waals surface area (Å²) in [5.41, 5.74) is 0. The predicted octanol–water partition coefficient (Wildman–Crippen LogP) is -3.26. The number of aliphatic hydroxyl groups excluding tert-OH is 1. The number of halogens is 1. The highest BCUT2D eigenvalue weighted by molar-refractivity contribution is 5.07. The molecule has 3 aliphatic rings. The van der Waals surface area contributed by atoms with Gasteiger partial charge in [0.25, 0.3) is 0 Å². The first-order valence-electron chi connectivity index (χ1n) is 4.77. The van der Waals surface area contributed by atoms with E-state index in [2.05, 4.69) is 14.1 Å². The van der Waals surface area contributed by atoms with E-state index in [-0.39, 0.29) is 30.1 Å². The summed E-state index contributed by atoms with van der Waals surface area (Å²) in [5.74, 6) is 0. The third kappa shape index (κ3) is 1.19. The van der Waals surface area contributed by atoms with Gasteiger partial charge in [-0.25, -0.2) is 0 Å². The van der Waals surface area contributed by atoms with Crippen molar-refractivity contribution in [1.29, 1.82) is 0 Å². The monoisotopic (exact) mass is 297 g/mol. The van der Waals surface area contributed by atoms with Gasteiger partial charge in [0.1, 0.15) is 24.3 Å². The molecule has 3 rings (SSSR count). The average molecular weight is 297 g/mol. The Hall–Kier alpha value is 0.610. The number of aliphatic hydroxyl groups is 1. The summed E-state index contributed by atoms with van der Waals surface area (Å²) in [6, 6.07) is 1.12. The van der Waals surface area contributed by atoms with E-state index in [9.17, 15) is 5.11 Å². The number of rotatable bonds is 0. The summed E-state index contributed by atoms with van der Waals surface area (Å²) < 4.78 is 6.65. The molecule has 0 spiro atoms. The zero-order valence-electron chi connectivity index (χ0n) is 7.98. The van der Waals surface area contributed by atoms with Crippen LogP contribution in [0.15, 0.2) is 0 Å². The molecule has 2 bridgehead atoms. The molecular formula is C9H16INO2. The Morgan fingerprint density at radius 3 is 2.08 bits per heavy atom. The van der Waals surface area contributed by atoms with Gasteiger partial charge in [0, 0.05) is 12.8 Å². The summed E-state index contributed by atoms with van der Waals surface area (Å²) in [6.45, 7) is 0. The zero-order chi connectivity index (χ0) is 8.51. The summed E-state index contributed by atoms with van der Waals surface area (Å²) in [7, 11) is 4.55. The minimum Gasteiger partial charge on any atom is -1.00 e. The molecule has 0 aliphatic carbocycles. The molecule has 3 fully saturated rings. The first-order chi connectivity index (χ1) is 5.60. The van der Waals surface area contributed by atoms with E-state index in [4.69, 9.17) is 4.74 Å². The lowest BCUT2D eigenvalue weighted by Crippen LogP contribution is -3.00. The van der Waals surface area contributed by atoms with Gasteiger partial charge in [-0.1, -0.05) is 0 Å². The van der Waals surface area contributed by atoms with Gasteiger partial charge in [-0.05, 0) is 0 Å². The molecule has 0 radical (unpaired) electrons. The Kier molecular flexibility index (Phi) is 2.19. The lowest BCUT2D eigenvalue weighted by molar-refractivity contribution is -0.938. The third-order valence-electron chi connectivity index (χ3n) is 4.06. The maximum absolute atomic E-state index is 9.60. The molecule has 0 amide bonds. The molecule has 0 saturated carbocycles. The maximum Gasteiger partial charge on any atom is 0.142 e. The largest absolute Gasteiger partial charge is 1.00 e. The number of morpholine rings is 1. The van der Waals surface area contributed by atoms with Crippen LogP contribution in [-0.4, -0.2) is 54.1 Å². The normalized spacial score (nSPS) is 55.2. The molecule has 3 heterocycles. The molecule has 0 aromatic rings. The van der Waals surface area contributed by atoms with E-state index in [1.165, 1.54) is 0 Å². The Morgan fingerprint density at radius 2 is 1.62 bits per heavy atom. The van der Waals surface area contributed by atoms with Crippen molar-refractivity contribution in [2.24, 2.45) is 0 Å². The Morgan fingerprint density at radius 1 is 1.15 bits per heavy atom. The smallest absolute Gasteiger partial charge is 0.142 e. The topological polar surface area (TPSA) is 32.8 Å². The molecule has 3 aliphatic heterocycles. The number of piperidine rings is 1. The molecule has 4 heteroatoms. The van der Waals surface area contributed by atoms with Gasteiger partial charge in [-0.2, -0.15) is 0 Å². The van der Waals surface area contributed by atoms with E-state index in [0.29, 0.717) is 24.3 Å². The second kappa shape index (κ2) is 2.81. The second-order valence-electron chi connectivity index (χ2n) is 4.95. The van der Waals surface area contributed by atoms with Crippen molar-refractivity contribution in [2.75, 3.05) is 14.1 Å². The number of quaternary nitrogens is 1. The van der Waals surface area contributed by atoms with Crippen molar-refractivity contribution in [2.45, 2.75) is 43.2 Å². The lowest BCUT2D eigenvalue weighted by atomic mass is 9.97. The number of hydrogen-bond donors (Lipinski definition) is 1. The number of likely N-dealkylation sites (N-methyl/N-ethyl adjacent to an activating group) is 1. The van der Waals surface area contributed by atoms with Crippen LogP contribution in [0, 0.1) is 0 Å². The number of nitrogens with zero attached hydrogens (tertiary/aromatic N) is 1. The van der Waals surface area contributed by atoms with Crippen LogP contribution in [0.4, 0.5) is 0 Å². The SMILES string of the molecule is C[N+]1(C)[C@@H]2CC(O)C[C@H]1[C@H]1O[C@H]12.[I-]. The van der Waals surface area contributed by atoms with Crippen molar-refractivity contribution in [3.05, 3.63) is 0 Å². The molecule has 3 saturated heterocycles. The highest BCUT2D eigenvalue weighted by Crippen LogP contribution is 2.50. The quantitative estimate of drug-likeness (QED) is 0.289. The van der Waals surface area contributed by atoms with Crippen molar-refractivity contribution < 1.29 is 38.3 Å². The number of ether oxygens (including phenoxy) is 1. The fourth-order valence-corrected chi connectivity index (χ4v) is 3.22. The van der Waals surface area contributed by atoms with Crippen LogP contribution in [0.5, 0.6) is 0 Å². The van der Waals surface area contributed by atoms with Gasteiger partial charge in [0.2, 0.25) is 0 Å². The molecule has 0 aromatic carbocycles. The van der Waals surface area contributed by atoms with Crippen molar-refractivity contribution >= 4 is 0 Å². The van der Waals surface area contributed by atoms with Crippen molar-refractivity contribution in [1.82, 2.24) is 0 Å². The fourth-order valence-electron chi connectivity index (χ4n) is 3.22. The van der Waals surface area contributed by atoms with Gasteiger partial charge < -0.3 is 38.3 Å². The van der Waals surface area contributed by atoms with E-state index in [1.807, 2.05) is 0 Å². The Bertz CT molecular complexity index is 214. The molecule has 3 nitrogen and oxygen atoms in total. The number of fused-ring (bicyclic) bond motifs is 5. The van der Waals surface area contributed by atoms with Crippen LogP contribution in [0.3, 0.4) is 0 Å². The van der Waals surface area contributed by atoms with E-state index < -0.39 is 0 Å². The van der Waals surface area contributed by atoms with Crippen LogP contribution in [-0.2, 0) is 4.74 Å². The van der Waals surface area contributed by atoms with Crippen LogP contribution in [0.2, 0.25) is 0 Å². The standard InChI is InChI=1S/C9H16NO2.HI/c1-10(2)6-3-5(11)4-7(10)9-8(6)12-9;/h5-9,11H,3-4H2,1-2H3;1H/q+1;/p-1/t5?,6-,7+,8+,9-;. The molecular weight excluding hydrogens is 281 g/mol. The molecule has 76 valence electrons. The minimum atomic E-state index is -0.0671. The number of epoxide rings is 1. The molecule has 13 heavy (non-hydrogen) atoms. The van der Waals surface area contributed by atoms with Crippen LogP contribution < -0.4 is 24.0 Å². The molecule has 0 aromatic heterocycles. The highest BCUT2D eigenvalue weighted by Gasteiger charge is 2.70. The van der Waals surface area contributed by atoms with Crippen LogP contribution >= 0.6 is 0 Å². The molecule has 1 N–H and O–H groups in total. The Labute approximate surface area is 95.7 Å². The summed E-state index contributed by atoms with van der Waals surface area (Å²) in [4.78, 5) is 0. The van der Waals surface area contributed by atoms with Gasteiger partial charge in [-0.15, -0.1) is 0 Å². The molecule has 5 atom stereocenters. The van der Waals surface area contributed by atoms with E-state index in [0.717, 1.165) is 17.3 Å². The minimum absolute atomic E-state index is 0. The lowest BCUT2D eigenvalue weighted by Gasteiger charge is -2.44. The zero-order valence-corrected chi connectivity index (χ0v) is 10.1. The van der Waals surface area contributed by atoms with E-state index >= 15 is 0 Å². The summed E-state index contributed by atoms with van der Waals surface area (Å²) >= 11 is 0. The first-order valence-corrected chi connectivity index (χ1v) is 4.77. The average Bonchev–Trinajstić information content (AvgIpc) is 2.66. The summed E-state index contributed by atoms with van der Waals surface area (Å²) in [6.07, 6.45) is 2.75. The number of hydrogen-bond acceptors (Lipinski definition) is 2. The highest BCUT2D eigenvalue weighted by atomic mass is 127. The van der Waals surface area contributed by atoms with Gasteiger partial charge in [0.05, 0.1) is 20.2 Å². The maximum atomic E-state index is 9.60. The predicted molar refractivity (Wildman–Crippen MR) is 43.6 cm³/mol. The van der Waals surface area contributed by atoms with Crippen molar-refractivity contribution in [3.63, 3.8) is 0 Å². The van der Waals surface area contributed by atoms with Gasteiger partial charge in [0.15, 0.2) is 0 Å².